The predicted octanol–water partition coefficient (Wildman–Crippen LogP) is 5.17. The van der Waals surface area contributed by atoms with Gasteiger partial charge in [-0.2, -0.15) is 5.10 Å². The van der Waals surface area contributed by atoms with E-state index in [1.807, 2.05) is 24.5 Å². The Hall–Kier alpha value is -3.47. The zero-order valence-corrected chi connectivity index (χ0v) is 18.7. The molecule has 0 atom stereocenters. The number of carbonyl (C=O) groups is 1. The van der Waals surface area contributed by atoms with Gasteiger partial charge in [-0.15, -0.1) is 0 Å². The molecule has 0 fully saturated rings. The number of amides is 1. The Morgan fingerprint density at radius 1 is 1.06 bits per heavy atom. The molecule has 4 rings (SSSR count). The third-order valence-electron chi connectivity index (χ3n) is 5.56. The number of fused-ring (bicyclic) bond motifs is 1. The molecule has 1 amide bonds. The van der Waals surface area contributed by atoms with Crippen LogP contribution in [0.5, 0.6) is 0 Å². The molecule has 0 aliphatic heterocycles. The van der Waals surface area contributed by atoms with E-state index in [1.165, 1.54) is 11.1 Å². The summed E-state index contributed by atoms with van der Waals surface area (Å²) < 4.78 is 1.65. The van der Waals surface area contributed by atoms with Gasteiger partial charge in [-0.05, 0) is 41.1 Å². The van der Waals surface area contributed by atoms with Gasteiger partial charge in [0, 0.05) is 36.8 Å². The molecule has 2 aromatic heterocycles. The fourth-order valence-electron chi connectivity index (χ4n) is 3.78. The normalized spacial score (nSPS) is 11.6. The fraction of sp³-hybridized carbons (Fsp3) is 0.269. The second kappa shape index (κ2) is 7.99. The van der Waals surface area contributed by atoms with Crippen molar-refractivity contribution < 1.29 is 4.79 Å². The topological polar surface area (TPSA) is 59.8 Å². The summed E-state index contributed by atoms with van der Waals surface area (Å²) in [6, 6.07) is 16.6. The minimum absolute atomic E-state index is 0.107. The highest BCUT2D eigenvalue weighted by Gasteiger charge is 2.21. The average molecular weight is 413 g/mol. The van der Waals surface area contributed by atoms with E-state index in [0.717, 1.165) is 27.6 Å². The number of pyridine rings is 1. The molecule has 5 nitrogen and oxygen atoms in total. The van der Waals surface area contributed by atoms with Gasteiger partial charge in [-0.25, -0.2) is 0 Å². The number of aryl methyl sites for hydroxylation is 2. The average Bonchev–Trinajstić information content (AvgIpc) is 3.14. The Bertz CT molecular complexity index is 1260. The molecule has 0 spiro atoms. The maximum absolute atomic E-state index is 12.9. The molecule has 31 heavy (non-hydrogen) atoms. The highest BCUT2D eigenvalue weighted by Crippen LogP contribution is 2.31. The molecule has 0 saturated heterocycles. The number of aromatic nitrogens is 3. The van der Waals surface area contributed by atoms with Crippen molar-refractivity contribution in [1.82, 2.24) is 20.1 Å². The van der Waals surface area contributed by atoms with Crippen LogP contribution in [0.4, 0.5) is 0 Å². The van der Waals surface area contributed by atoms with Crippen LogP contribution in [-0.2, 0) is 19.0 Å². The summed E-state index contributed by atoms with van der Waals surface area (Å²) in [7, 11) is 1.81. The number of hydrogen-bond donors (Lipinski definition) is 1. The number of nitrogens with one attached hydrogen (secondary N) is 1. The first kappa shape index (κ1) is 20.8. The number of benzene rings is 2. The smallest absolute Gasteiger partial charge is 0.269 e. The molecule has 0 aliphatic carbocycles. The first-order valence-corrected chi connectivity index (χ1v) is 10.5. The van der Waals surface area contributed by atoms with Crippen molar-refractivity contribution in [2.75, 3.05) is 0 Å². The molecule has 2 heterocycles. The van der Waals surface area contributed by atoms with E-state index in [1.54, 1.807) is 11.7 Å². The van der Waals surface area contributed by atoms with Crippen molar-refractivity contribution in [3.63, 3.8) is 0 Å². The molecular formula is C26H28N4O. The van der Waals surface area contributed by atoms with E-state index < -0.39 is 0 Å². The summed E-state index contributed by atoms with van der Waals surface area (Å²) in [4.78, 5) is 17.2. The summed E-state index contributed by atoms with van der Waals surface area (Å²) in [5.41, 5.74) is 5.95. The largest absolute Gasteiger partial charge is 0.347 e. The summed E-state index contributed by atoms with van der Waals surface area (Å²) >= 11 is 0. The lowest BCUT2D eigenvalue weighted by Gasteiger charge is -2.13. The van der Waals surface area contributed by atoms with Crippen molar-refractivity contribution in [3.8, 4) is 11.1 Å². The van der Waals surface area contributed by atoms with Crippen LogP contribution in [-0.4, -0.2) is 20.7 Å². The quantitative estimate of drug-likeness (QED) is 0.503. The second-order valence-electron chi connectivity index (χ2n) is 9.03. The van der Waals surface area contributed by atoms with Crippen molar-refractivity contribution in [2.24, 2.45) is 7.05 Å². The van der Waals surface area contributed by atoms with Crippen molar-refractivity contribution in [3.05, 3.63) is 83.4 Å². The molecular weight excluding hydrogens is 384 g/mol. The Morgan fingerprint density at radius 3 is 2.58 bits per heavy atom. The number of rotatable bonds is 4. The van der Waals surface area contributed by atoms with Crippen LogP contribution >= 0.6 is 0 Å². The highest BCUT2D eigenvalue weighted by atomic mass is 16.2. The van der Waals surface area contributed by atoms with Crippen LogP contribution in [0.25, 0.3) is 21.9 Å². The third kappa shape index (κ3) is 4.22. The van der Waals surface area contributed by atoms with E-state index in [2.05, 4.69) is 79.5 Å². The van der Waals surface area contributed by atoms with Crippen LogP contribution in [0.2, 0.25) is 0 Å². The molecule has 0 unspecified atom stereocenters. The van der Waals surface area contributed by atoms with E-state index in [-0.39, 0.29) is 11.3 Å². The Kier molecular flexibility index (Phi) is 5.36. The molecule has 0 radical (unpaired) electrons. The van der Waals surface area contributed by atoms with E-state index in [0.29, 0.717) is 12.2 Å². The minimum Gasteiger partial charge on any atom is -0.347 e. The zero-order valence-electron chi connectivity index (χ0n) is 18.7. The van der Waals surface area contributed by atoms with Crippen molar-refractivity contribution in [1.29, 1.82) is 0 Å². The maximum Gasteiger partial charge on any atom is 0.269 e. The molecule has 2 aromatic carbocycles. The monoisotopic (exact) mass is 412 g/mol. The van der Waals surface area contributed by atoms with Crippen LogP contribution < -0.4 is 5.32 Å². The van der Waals surface area contributed by atoms with Crippen LogP contribution in [0.1, 0.15) is 48.1 Å². The molecule has 0 bridgehead atoms. The summed E-state index contributed by atoms with van der Waals surface area (Å²) in [6.07, 6.45) is 3.69. The van der Waals surface area contributed by atoms with E-state index >= 15 is 0 Å². The summed E-state index contributed by atoms with van der Waals surface area (Å²) in [5, 5.41) is 9.73. The van der Waals surface area contributed by atoms with Gasteiger partial charge < -0.3 is 5.32 Å². The lowest BCUT2D eigenvalue weighted by molar-refractivity contribution is 0.0941. The van der Waals surface area contributed by atoms with E-state index in [4.69, 9.17) is 0 Å². The Labute approximate surface area is 183 Å². The standard InChI is InChI=1S/C26H28N4O/c1-17-7-6-8-18(13-17)20-10-9-19(22-16-27-12-11-21(20)22)15-28-25(31)23-14-24(26(2,3)4)29-30(23)5/h6-14,16H,15H2,1-5H3,(H,28,31). The highest BCUT2D eigenvalue weighted by molar-refractivity contribution is 5.98. The summed E-state index contributed by atoms with van der Waals surface area (Å²) in [5.74, 6) is -0.134. The van der Waals surface area contributed by atoms with Gasteiger partial charge in [0.05, 0.1) is 5.69 Å². The summed E-state index contributed by atoms with van der Waals surface area (Å²) in [6.45, 7) is 8.79. The van der Waals surface area contributed by atoms with Gasteiger partial charge in [0.2, 0.25) is 0 Å². The second-order valence-corrected chi connectivity index (χ2v) is 9.03. The third-order valence-corrected chi connectivity index (χ3v) is 5.56. The van der Waals surface area contributed by atoms with Crippen molar-refractivity contribution in [2.45, 2.75) is 39.7 Å². The molecule has 0 aliphatic rings. The molecule has 4 aromatic rings. The van der Waals surface area contributed by atoms with E-state index in [9.17, 15) is 4.79 Å². The Morgan fingerprint density at radius 2 is 1.87 bits per heavy atom. The number of carbonyl (C=O) groups excluding carboxylic acids is 1. The fourth-order valence-corrected chi connectivity index (χ4v) is 3.78. The molecule has 5 heteroatoms. The van der Waals surface area contributed by atoms with Crippen LogP contribution in [0.15, 0.2) is 60.9 Å². The van der Waals surface area contributed by atoms with Gasteiger partial charge in [0.15, 0.2) is 0 Å². The lowest BCUT2D eigenvalue weighted by Crippen LogP contribution is -2.25. The zero-order chi connectivity index (χ0) is 22.2. The van der Waals surface area contributed by atoms with Crippen molar-refractivity contribution >= 4 is 16.7 Å². The number of hydrogen-bond acceptors (Lipinski definition) is 3. The van der Waals surface area contributed by atoms with Gasteiger partial charge in [0.25, 0.3) is 5.91 Å². The first-order chi connectivity index (χ1) is 14.7. The van der Waals surface area contributed by atoms with Gasteiger partial charge in [-0.1, -0.05) is 62.7 Å². The first-order valence-electron chi connectivity index (χ1n) is 10.5. The minimum atomic E-state index is -0.134. The van der Waals surface area contributed by atoms with Crippen LogP contribution in [0.3, 0.4) is 0 Å². The number of nitrogens with zero attached hydrogens (tertiary/aromatic N) is 3. The predicted molar refractivity (Wildman–Crippen MR) is 125 cm³/mol. The van der Waals surface area contributed by atoms with Crippen LogP contribution in [0, 0.1) is 6.92 Å². The molecule has 1 N–H and O–H groups in total. The lowest BCUT2D eigenvalue weighted by atomic mass is 9.92. The SMILES string of the molecule is Cc1cccc(-c2ccc(CNC(=O)c3cc(C(C)(C)C)nn3C)c3cnccc23)c1. The molecule has 0 saturated carbocycles. The van der Waals surface area contributed by atoms with Gasteiger partial charge in [-0.3, -0.25) is 14.5 Å². The Balaban J connectivity index is 1.62. The van der Waals surface area contributed by atoms with Gasteiger partial charge in [0.1, 0.15) is 5.69 Å². The maximum atomic E-state index is 12.9. The van der Waals surface area contributed by atoms with Gasteiger partial charge >= 0.3 is 0 Å². The molecule has 158 valence electrons.